The number of para-hydroxylation sites is 1. The van der Waals surface area contributed by atoms with Crippen LogP contribution in [-0.4, -0.2) is 20.6 Å². The molecule has 1 amide bonds. The zero-order valence-electron chi connectivity index (χ0n) is 14.1. The predicted octanol–water partition coefficient (Wildman–Crippen LogP) is 4.86. The van der Waals surface area contributed by atoms with E-state index in [9.17, 15) is 9.90 Å². The first-order valence-corrected chi connectivity index (χ1v) is 8.39. The molecule has 0 saturated carbocycles. The van der Waals surface area contributed by atoms with Gasteiger partial charge in [0, 0.05) is 18.1 Å². The van der Waals surface area contributed by atoms with Gasteiger partial charge in [-0.05, 0) is 24.6 Å². The van der Waals surface area contributed by atoms with Gasteiger partial charge in [0.2, 0.25) is 5.88 Å². The molecule has 0 aliphatic rings. The van der Waals surface area contributed by atoms with E-state index in [1.165, 1.54) is 6.20 Å². The van der Waals surface area contributed by atoms with E-state index in [4.69, 9.17) is 0 Å². The highest BCUT2D eigenvalue weighted by molar-refractivity contribution is 5.96. The Morgan fingerprint density at radius 2 is 1.96 bits per heavy atom. The Labute approximate surface area is 145 Å². The Hall–Kier alpha value is -3.02. The van der Waals surface area contributed by atoms with E-state index in [2.05, 4.69) is 22.1 Å². The number of carbonyl (C=O) groups is 1. The van der Waals surface area contributed by atoms with Crippen molar-refractivity contribution in [1.82, 2.24) is 9.55 Å². The monoisotopic (exact) mass is 336 g/mol. The van der Waals surface area contributed by atoms with E-state index in [1.807, 2.05) is 28.8 Å². The lowest BCUT2D eigenvalue weighted by Gasteiger charge is -2.05. The second-order valence-electron chi connectivity index (χ2n) is 5.77. The number of unbranched alkanes of at least 4 members (excludes halogenated alkanes) is 2. The molecule has 0 unspecified atom stereocenters. The lowest BCUT2D eigenvalue weighted by molar-refractivity contribution is 0.0990. The number of carbonyl (C=O) groups excluding carboxylic acids is 1. The van der Waals surface area contributed by atoms with Gasteiger partial charge in [0.1, 0.15) is 5.69 Å². The molecule has 0 saturated heterocycles. The average Bonchev–Trinajstić information content (AvgIpc) is 2.92. The molecule has 3 aromatic rings. The van der Waals surface area contributed by atoms with Crippen LogP contribution >= 0.6 is 0 Å². The summed E-state index contributed by atoms with van der Waals surface area (Å²) in [5.74, 6) is -0.502. The van der Waals surface area contributed by atoms with Crippen molar-refractivity contribution < 1.29 is 9.90 Å². The topological polar surface area (TPSA) is 79.8 Å². The van der Waals surface area contributed by atoms with Gasteiger partial charge in [0.15, 0.2) is 5.69 Å². The number of aromatic hydroxyl groups is 1. The van der Waals surface area contributed by atoms with E-state index in [0.717, 1.165) is 30.2 Å². The molecule has 1 N–H and O–H groups in total. The minimum atomic E-state index is -0.539. The van der Waals surface area contributed by atoms with Gasteiger partial charge < -0.3 is 9.67 Å². The third kappa shape index (κ3) is 3.57. The third-order valence-electron chi connectivity index (χ3n) is 4.03. The molecule has 0 spiro atoms. The molecular formula is C19H20N4O2. The van der Waals surface area contributed by atoms with Gasteiger partial charge in [-0.25, -0.2) is 0 Å². The summed E-state index contributed by atoms with van der Waals surface area (Å²) >= 11 is 0. The minimum absolute atomic E-state index is 0.0369. The van der Waals surface area contributed by atoms with E-state index in [-0.39, 0.29) is 11.6 Å². The molecule has 25 heavy (non-hydrogen) atoms. The molecule has 2 heterocycles. The van der Waals surface area contributed by atoms with Crippen molar-refractivity contribution in [3.63, 3.8) is 0 Å². The largest absolute Gasteiger partial charge is 0.493 e. The Balaban J connectivity index is 1.94. The van der Waals surface area contributed by atoms with Gasteiger partial charge in [-0.15, -0.1) is 10.2 Å². The van der Waals surface area contributed by atoms with Crippen molar-refractivity contribution in [2.45, 2.75) is 32.7 Å². The number of amides is 1. The number of hydrogen-bond donors (Lipinski definition) is 1. The molecule has 0 radical (unpaired) electrons. The fourth-order valence-electron chi connectivity index (χ4n) is 2.75. The second-order valence-corrected chi connectivity index (χ2v) is 5.77. The van der Waals surface area contributed by atoms with Gasteiger partial charge in [-0.3, -0.25) is 9.78 Å². The lowest BCUT2D eigenvalue weighted by Crippen LogP contribution is -1.97. The van der Waals surface area contributed by atoms with Crippen molar-refractivity contribution >= 4 is 22.5 Å². The molecule has 0 fully saturated rings. The molecule has 0 aliphatic heterocycles. The summed E-state index contributed by atoms with van der Waals surface area (Å²) in [5.41, 5.74) is 1.42. The molecule has 1 aromatic carbocycles. The van der Waals surface area contributed by atoms with Crippen molar-refractivity contribution in [2.75, 3.05) is 0 Å². The summed E-state index contributed by atoms with van der Waals surface area (Å²) in [6.45, 7) is 2.83. The molecular weight excluding hydrogens is 316 g/mol. The van der Waals surface area contributed by atoms with Gasteiger partial charge in [-0.1, -0.05) is 44.0 Å². The number of azo groups is 1. The van der Waals surface area contributed by atoms with Crippen LogP contribution in [0, 0.1) is 0 Å². The van der Waals surface area contributed by atoms with E-state index in [0.29, 0.717) is 12.2 Å². The van der Waals surface area contributed by atoms with Crippen molar-refractivity contribution in [1.29, 1.82) is 0 Å². The number of hydrogen-bond acceptors (Lipinski definition) is 4. The van der Waals surface area contributed by atoms with Crippen LogP contribution in [0.3, 0.4) is 0 Å². The molecule has 6 heteroatoms. The maximum atomic E-state index is 12.1. The Bertz CT molecular complexity index is 900. The lowest BCUT2D eigenvalue weighted by atomic mass is 10.2. The molecule has 2 aromatic heterocycles. The van der Waals surface area contributed by atoms with E-state index in [1.54, 1.807) is 18.2 Å². The second kappa shape index (κ2) is 7.70. The molecule has 0 aliphatic carbocycles. The first kappa shape index (κ1) is 16.8. The number of aromatic nitrogens is 2. The normalized spacial score (nSPS) is 11.4. The summed E-state index contributed by atoms with van der Waals surface area (Å²) in [6, 6.07) is 12.6. The summed E-state index contributed by atoms with van der Waals surface area (Å²) in [4.78, 5) is 16.0. The number of benzene rings is 1. The van der Waals surface area contributed by atoms with Crippen LogP contribution in [0.1, 0.15) is 36.7 Å². The SMILES string of the molecule is CCCCCn1c(O)c(N=NC(=O)c2ccccn2)c2ccccc21. The maximum absolute atomic E-state index is 12.1. The number of aryl methyl sites for hydroxylation is 1. The Kier molecular flexibility index (Phi) is 5.18. The number of fused-ring (bicyclic) bond motifs is 1. The molecule has 0 atom stereocenters. The first-order chi connectivity index (χ1) is 12.2. The van der Waals surface area contributed by atoms with Crippen molar-refractivity contribution in [3.05, 3.63) is 54.4 Å². The van der Waals surface area contributed by atoms with Crippen molar-refractivity contribution in [2.24, 2.45) is 10.2 Å². The Morgan fingerprint density at radius 1 is 1.16 bits per heavy atom. The van der Waals surface area contributed by atoms with Crippen LogP contribution in [0.25, 0.3) is 10.9 Å². The van der Waals surface area contributed by atoms with Gasteiger partial charge in [-0.2, -0.15) is 0 Å². The van der Waals surface area contributed by atoms with Crippen LogP contribution < -0.4 is 0 Å². The van der Waals surface area contributed by atoms with Crippen LogP contribution in [0.15, 0.2) is 58.9 Å². The summed E-state index contributed by atoms with van der Waals surface area (Å²) in [5, 5.41) is 19.1. The number of rotatable bonds is 6. The molecule has 0 bridgehead atoms. The van der Waals surface area contributed by atoms with Crippen LogP contribution in [0.5, 0.6) is 5.88 Å². The van der Waals surface area contributed by atoms with Crippen molar-refractivity contribution in [3.8, 4) is 5.88 Å². The van der Waals surface area contributed by atoms with Crippen LogP contribution in [0.4, 0.5) is 5.69 Å². The summed E-state index contributed by atoms with van der Waals surface area (Å²) < 4.78 is 1.82. The minimum Gasteiger partial charge on any atom is -0.493 e. The number of pyridine rings is 1. The zero-order chi connectivity index (χ0) is 17.6. The predicted molar refractivity (Wildman–Crippen MR) is 96.2 cm³/mol. The van der Waals surface area contributed by atoms with E-state index < -0.39 is 5.91 Å². The van der Waals surface area contributed by atoms with E-state index >= 15 is 0 Å². The van der Waals surface area contributed by atoms with Gasteiger partial charge in [0.25, 0.3) is 0 Å². The molecule has 6 nitrogen and oxygen atoms in total. The highest BCUT2D eigenvalue weighted by Crippen LogP contribution is 2.39. The summed E-state index contributed by atoms with van der Waals surface area (Å²) in [7, 11) is 0. The fourth-order valence-corrected chi connectivity index (χ4v) is 2.75. The third-order valence-corrected chi connectivity index (χ3v) is 4.03. The first-order valence-electron chi connectivity index (χ1n) is 8.39. The molecule has 3 rings (SSSR count). The standard InChI is InChI=1S/C19H20N4O2/c1-2-3-8-13-23-16-11-5-4-9-14(16)17(19(23)25)21-22-18(24)15-10-6-7-12-20-15/h4-7,9-12,25H,2-3,8,13H2,1H3. The summed E-state index contributed by atoms with van der Waals surface area (Å²) in [6.07, 6.45) is 4.68. The van der Waals surface area contributed by atoms with Gasteiger partial charge in [0.05, 0.1) is 5.52 Å². The maximum Gasteiger partial charge on any atom is 0.313 e. The highest BCUT2D eigenvalue weighted by atomic mass is 16.3. The smallest absolute Gasteiger partial charge is 0.313 e. The average molecular weight is 336 g/mol. The van der Waals surface area contributed by atoms with Crippen LogP contribution in [-0.2, 0) is 6.54 Å². The zero-order valence-corrected chi connectivity index (χ0v) is 14.1. The van der Waals surface area contributed by atoms with Gasteiger partial charge >= 0.3 is 5.91 Å². The fraction of sp³-hybridized carbons (Fsp3) is 0.263. The number of nitrogens with zero attached hydrogens (tertiary/aromatic N) is 4. The highest BCUT2D eigenvalue weighted by Gasteiger charge is 2.16. The van der Waals surface area contributed by atoms with Crippen LogP contribution in [0.2, 0.25) is 0 Å². The quantitative estimate of drug-likeness (QED) is 0.516. The Morgan fingerprint density at radius 3 is 2.72 bits per heavy atom. The molecule has 128 valence electrons.